The monoisotopic (exact) mass is 316 g/mol. The summed E-state index contributed by atoms with van der Waals surface area (Å²) in [6, 6.07) is 13.1. The summed E-state index contributed by atoms with van der Waals surface area (Å²) < 4.78 is 18.6. The molecule has 2 aromatic carbocycles. The molecule has 0 saturated carbocycles. The molecule has 0 amide bonds. The zero-order valence-electron chi connectivity index (χ0n) is 13.3. The summed E-state index contributed by atoms with van der Waals surface area (Å²) >= 11 is 0. The quantitative estimate of drug-likeness (QED) is 0.829. The first-order valence-corrected chi connectivity index (χ1v) is 7.65. The van der Waals surface area contributed by atoms with Crippen LogP contribution in [0.4, 0.5) is 4.39 Å². The topological polar surface area (TPSA) is 46.5 Å². The fourth-order valence-electron chi connectivity index (χ4n) is 2.26. The van der Waals surface area contributed by atoms with Crippen molar-refractivity contribution in [3.8, 4) is 5.75 Å². The maximum Gasteiger partial charge on any atom is 0.311 e. The van der Waals surface area contributed by atoms with Crippen molar-refractivity contribution in [2.24, 2.45) is 5.92 Å². The van der Waals surface area contributed by atoms with Crippen molar-refractivity contribution in [3.63, 3.8) is 0 Å². The fraction of sp³-hybridized carbons (Fsp3) is 0.316. The smallest absolute Gasteiger partial charge is 0.311 e. The Morgan fingerprint density at radius 2 is 1.70 bits per heavy atom. The van der Waals surface area contributed by atoms with Crippen LogP contribution in [0.15, 0.2) is 48.5 Å². The van der Waals surface area contributed by atoms with E-state index in [9.17, 15) is 14.3 Å². The molecule has 23 heavy (non-hydrogen) atoms. The SMILES string of the molecule is CC(C)COc1ccc(CC(C(=O)O)c2ccc(F)cc2)cc1. The molecular formula is C19H21FO3. The molecule has 122 valence electrons. The van der Waals surface area contributed by atoms with Crippen molar-refractivity contribution in [2.75, 3.05) is 6.61 Å². The van der Waals surface area contributed by atoms with Crippen molar-refractivity contribution in [1.29, 1.82) is 0 Å². The Hall–Kier alpha value is -2.36. The number of carboxylic acids is 1. The summed E-state index contributed by atoms with van der Waals surface area (Å²) in [7, 11) is 0. The molecule has 0 aliphatic carbocycles. The van der Waals surface area contributed by atoms with Crippen LogP contribution in [0.25, 0.3) is 0 Å². The number of hydrogen-bond acceptors (Lipinski definition) is 2. The van der Waals surface area contributed by atoms with E-state index in [1.807, 2.05) is 24.3 Å². The normalized spacial score (nSPS) is 12.2. The molecule has 0 radical (unpaired) electrons. The van der Waals surface area contributed by atoms with E-state index in [-0.39, 0.29) is 5.82 Å². The molecule has 1 N–H and O–H groups in total. The van der Waals surface area contributed by atoms with Crippen LogP contribution in [0.2, 0.25) is 0 Å². The highest BCUT2D eigenvalue weighted by atomic mass is 19.1. The molecular weight excluding hydrogens is 295 g/mol. The average Bonchev–Trinajstić information content (AvgIpc) is 2.52. The molecule has 0 heterocycles. The van der Waals surface area contributed by atoms with Gasteiger partial charge in [-0.1, -0.05) is 38.1 Å². The van der Waals surface area contributed by atoms with Gasteiger partial charge in [-0.25, -0.2) is 4.39 Å². The average molecular weight is 316 g/mol. The van der Waals surface area contributed by atoms with E-state index in [0.717, 1.165) is 11.3 Å². The van der Waals surface area contributed by atoms with Crippen molar-refractivity contribution in [1.82, 2.24) is 0 Å². The number of carboxylic acid groups (broad SMARTS) is 1. The Morgan fingerprint density at radius 3 is 2.22 bits per heavy atom. The van der Waals surface area contributed by atoms with E-state index in [2.05, 4.69) is 13.8 Å². The lowest BCUT2D eigenvalue weighted by atomic mass is 9.92. The summed E-state index contributed by atoms with van der Waals surface area (Å²) in [6.45, 7) is 4.80. The van der Waals surface area contributed by atoms with Gasteiger partial charge in [-0.2, -0.15) is 0 Å². The highest BCUT2D eigenvalue weighted by molar-refractivity contribution is 5.76. The van der Waals surface area contributed by atoms with Crippen molar-refractivity contribution in [3.05, 3.63) is 65.5 Å². The van der Waals surface area contributed by atoms with Gasteiger partial charge in [0.05, 0.1) is 12.5 Å². The number of rotatable bonds is 7. The standard InChI is InChI=1S/C19H21FO3/c1-13(2)12-23-17-9-3-14(4-10-17)11-18(19(21)22)15-5-7-16(20)8-6-15/h3-10,13,18H,11-12H2,1-2H3,(H,21,22). The zero-order valence-corrected chi connectivity index (χ0v) is 13.3. The molecule has 0 aliphatic rings. The third-order valence-corrected chi connectivity index (χ3v) is 3.52. The Balaban J connectivity index is 2.08. The van der Waals surface area contributed by atoms with E-state index < -0.39 is 11.9 Å². The molecule has 2 rings (SSSR count). The summed E-state index contributed by atoms with van der Waals surface area (Å²) in [5, 5.41) is 9.44. The molecule has 4 heteroatoms. The Kier molecular flexibility index (Phi) is 5.74. The molecule has 0 bridgehead atoms. The van der Waals surface area contributed by atoms with Crippen molar-refractivity contribution in [2.45, 2.75) is 26.2 Å². The van der Waals surface area contributed by atoms with Crippen LogP contribution in [-0.2, 0) is 11.2 Å². The van der Waals surface area contributed by atoms with Crippen LogP contribution in [0.5, 0.6) is 5.75 Å². The number of benzene rings is 2. The molecule has 2 aromatic rings. The third-order valence-electron chi connectivity index (χ3n) is 3.52. The second-order valence-electron chi connectivity index (χ2n) is 6.00. The minimum atomic E-state index is -0.920. The second kappa shape index (κ2) is 7.77. The molecule has 0 fully saturated rings. The van der Waals surface area contributed by atoms with Gasteiger partial charge in [0, 0.05) is 0 Å². The highest BCUT2D eigenvalue weighted by Crippen LogP contribution is 2.23. The lowest BCUT2D eigenvalue weighted by Crippen LogP contribution is -2.14. The van der Waals surface area contributed by atoms with Crippen molar-refractivity contribution >= 4 is 5.97 Å². The van der Waals surface area contributed by atoms with Crippen LogP contribution in [0.1, 0.15) is 30.9 Å². The Morgan fingerprint density at radius 1 is 1.09 bits per heavy atom. The molecule has 0 aliphatic heterocycles. The predicted octanol–water partition coefficient (Wildman–Crippen LogP) is 4.27. The van der Waals surface area contributed by atoms with Crippen LogP contribution < -0.4 is 4.74 Å². The largest absolute Gasteiger partial charge is 0.493 e. The van der Waals surface area contributed by atoms with Gasteiger partial charge in [0.1, 0.15) is 11.6 Å². The van der Waals surface area contributed by atoms with Crippen LogP contribution in [0.3, 0.4) is 0 Å². The summed E-state index contributed by atoms with van der Waals surface area (Å²) in [4.78, 5) is 11.5. The fourth-order valence-corrected chi connectivity index (χ4v) is 2.26. The first kappa shape index (κ1) is 17.0. The highest BCUT2D eigenvalue weighted by Gasteiger charge is 2.20. The minimum Gasteiger partial charge on any atom is -0.493 e. The van der Waals surface area contributed by atoms with Gasteiger partial charge in [0.25, 0.3) is 0 Å². The van der Waals surface area contributed by atoms with E-state index in [1.165, 1.54) is 24.3 Å². The summed E-state index contributed by atoms with van der Waals surface area (Å²) in [6.07, 6.45) is 0.353. The molecule has 1 unspecified atom stereocenters. The molecule has 1 atom stereocenters. The van der Waals surface area contributed by atoms with Gasteiger partial charge >= 0.3 is 5.97 Å². The van der Waals surface area contributed by atoms with Gasteiger partial charge in [0.2, 0.25) is 0 Å². The second-order valence-corrected chi connectivity index (χ2v) is 6.00. The minimum absolute atomic E-state index is 0.353. The third kappa shape index (κ3) is 5.09. The van der Waals surface area contributed by atoms with Gasteiger partial charge < -0.3 is 9.84 Å². The van der Waals surface area contributed by atoms with E-state index >= 15 is 0 Å². The first-order chi connectivity index (χ1) is 11.0. The predicted molar refractivity (Wildman–Crippen MR) is 87.3 cm³/mol. The van der Waals surface area contributed by atoms with Crippen molar-refractivity contribution < 1.29 is 19.0 Å². The summed E-state index contributed by atoms with van der Waals surface area (Å²) in [5.41, 5.74) is 1.50. The van der Waals surface area contributed by atoms with Gasteiger partial charge in [-0.05, 0) is 47.7 Å². The Bertz CT molecular complexity index is 633. The molecule has 0 spiro atoms. The zero-order chi connectivity index (χ0) is 16.8. The van der Waals surface area contributed by atoms with Crippen LogP contribution >= 0.6 is 0 Å². The molecule has 0 saturated heterocycles. The van der Waals surface area contributed by atoms with Crippen LogP contribution in [0, 0.1) is 11.7 Å². The van der Waals surface area contributed by atoms with Crippen LogP contribution in [-0.4, -0.2) is 17.7 Å². The van der Waals surface area contributed by atoms with E-state index in [0.29, 0.717) is 24.5 Å². The number of hydrogen-bond donors (Lipinski definition) is 1. The Labute approximate surface area is 135 Å². The number of aliphatic carboxylic acids is 1. The molecule has 3 nitrogen and oxygen atoms in total. The molecule has 0 aromatic heterocycles. The number of ether oxygens (including phenoxy) is 1. The lowest BCUT2D eigenvalue weighted by Gasteiger charge is -2.14. The number of halogens is 1. The van der Waals surface area contributed by atoms with Gasteiger partial charge in [-0.15, -0.1) is 0 Å². The van der Waals surface area contributed by atoms with Gasteiger partial charge in [0.15, 0.2) is 0 Å². The maximum atomic E-state index is 13.0. The maximum absolute atomic E-state index is 13.0. The summed E-state index contributed by atoms with van der Waals surface area (Å²) in [5.74, 6) is -0.764. The lowest BCUT2D eigenvalue weighted by molar-refractivity contribution is -0.138. The van der Waals surface area contributed by atoms with E-state index in [1.54, 1.807) is 0 Å². The van der Waals surface area contributed by atoms with E-state index in [4.69, 9.17) is 4.74 Å². The van der Waals surface area contributed by atoms with Gasteiger partial charge in [-0.3, -0.25) is 4.79 Å². The first-order valence-electron chi connectivity index (χ1n) is 7.65. The number of carbonyl (C=O) groups is 1.